The quantitative estimate of drug-likeness (QED) is 0.602. The van der Waals surface area contributed by atoms with E-state index in [-0.39, 0.29) is 25.1 Å². The summed E-state index contributed by atoms with van der Waals surface area (Å²) < 4.78 is 4.76. The number of aliphatic hydroxyl groups is 1. The molecule has 0 fully saturated rings. The van der Waals surface area contributed by atoms with E-state index in [2.05, 4.69) is 5.32 Å². The van der Waals surface area contributed by atoms with Gasteiger partial charge in [0.15, 0.2) is 0 Å². The molecule has 0 aromatic rings. The lowest BCUT2D eigenvalue weighted by atomic mass is 10.3. The van der Waals surface area contributed by atoms with Crippen LogP contribution in [0.3, 0.4) is 0 Å². The first kappa shape index (κ1) is 14.3. The number of likely N-dealkylation sites (N-methyl/N-ethyl adjacent to an activating group) is 1. The summed E-state index contributed by atoms with van der Waals surface area (Å²) >= 11 is 0. The molecule has 0 radical (unpaired) electrons. The lowest BCUT2D eigenvalue weighted by Crippen LogP contribution is -2.41. The molecule has 0 spiro atoms. The van der Waals surface area contributed by atoms with E-state index >= 15 is 0 Å². The monoisotopic (exact) mass is 218 g/mol. The van der Waals surface area contributed by atoms with Crippen molar-refractivity contribution < 1.29 is 14.6 Å². The SMILES string of the molecule is COCC(O)CNCC(=O)N(C)C(C)C. The number of amides is 1. The maximum absolute atomic E-state index is 11.5. The van der Waals surface area contributed by atoms with Gasteiger partial charge in [0.1, 0.15) is 0 Å². The first-order valence-electron chi connectivity index (χ1n) is 5.12. The van der Waals surface area contributed by atoms with Crippen molar-refractivity contribution >= 4 is 5.91 Å². The maximum atomic E-state index is 11.5. The third-order valence-electron chi connectivity index (χ3n) is 2.18. The van der Waals surface area contributed by atoms with Crippen LogP contribution in [0.4, 0.5) is 0 Å². The molecule has 5 heteroatoms. The average molecular weight is 218 g/mol. The first-order chi connectivity index (χ1) is 6.99. The van der Waals surface area contributed by atoms with Gasteiger partial charge in [-0.05, 0) is 13.8 Å². The molecule has 2 N–H and O–H groups in total. The third-order valence-corrected chi connectivity index (χ3v) is 2.18. The van der Waals surface area contributed by atoms with Crippen LogP contribution in [0.2, 0.25) is 0 Å². The highest BCUT2D eigenvalue weighted by molar-refractivity contribution is 5.78. The molecule has 0 rings (SSSR count). The molecule has 0 saturated heterocycles. The minimum Gasteiger partial charge on any atom is -0.389 e. The largest absolute Gasteiger partial charge is 0.389 e. The molecule has 1 atom stereocenters. The molecule has 0 aromatic carbocycles. The Morgan fingerprint density at radius 3 is 2.60 bits per heavy atom. The van der Waals surface area contributed by atoms with Crippen molar-refractivity contribution in [2.75, 3.05) is 33.9 Å². The molecule has 0 bridgehead atoms. The van der Waals surface area contributed by atoms with Crippen LogP contribution in [0.5, 0.6) is 0 Å². The number of carbonyl (C=O) groups is 1. The lowest BCUT2D eigenvalue weighted by Gasteiger charge is -2.21. The predicted octanol–water partition coefficient (Wildman–Crippen LogP) is -0.550. The number of nitrogens with one attached hydrogen (secondary N) is 1. The Balaban J connectivity index is 3.63. The van der Waals surface area contributed by atoms with Crippen molar-refractivity contribution in [2.45, 2.75) is 26.0 Å². The normalized spacial score (nSPS) is 12.9. The molecule has 15 heavy (non-hydrogen) atoms. The van der Waals surface area contributed by atoms with Gasteiger partial charge in [-0.2, -0.15) is 0 Å². The standard InChI is InChI=1S/C10H22N2O3/c1-8(2)12(3)10(14)6-11-5-9(13)7-15-4/h8-9,11,13H,5-7H2,1-4H3. The van der Waals surface area contributed by atoms with Gasteiger partial charge in [-0.1, -0.05) is 0 Å². The number of ether oxygens (including phenoxy) is 1. The second-order valence-corrected chi connectivity index (χ2v) is 3.84. The van der Waals surface area contributed by atoms with Crippen molar-refractivity contribution in [3.05, 3.63) is 0 Å². The van der Waals surface area contributed by atoms with Gasteiger partial charge in [0.05, 0.1) is 19.3 Å². The molecule has 5 nitrogen and oxygen atoms in total. The zero-order valence-electron chi connectivity index (χ0n) is 9.99. The Labute approximate surface area is 91.4 Å². The van der Waals surface area contributed by atoms with Gasteiger partial charge in [-0.3, -0.25) is 4.79 Å². The van der Waals surface area contributed by atoms with E-state index in [0.717, 1.165) is 0 Å². The van der Waals surface area contributed by atoms with Crippen LogP contribution < -0.4 is 5.32 Å². The van der Waals surface area contributed by atoms with E-state index < -0.39 is 6.10 Å². The van der Waals surface area contributed by atoms with Gasteiger partial charge in [-0.15, -0.1) is 0 Å². The molecule has 0 heterocycles. The summed E-state index contributed by atoms with van der Waals surface area (Å²) in [6.45, 7) is 4.80. The fraction of sp³-hybridized carbons (Fsp3) is 0.900. The van der Waals surface area contributed by atoms with Crippen molar-refractivity contribution in [1.29, 1.82) is 0 Å². The summed E-state index contributed by atoms with van der Waals surface area (Å²) in [5, 5.41) is 12.2. The van der Waals surface area contributed by atoms with E-state index in [1.165, 1.54) is 7.11 Å². The van der Waals surface area contributed by atoms with E-state index in [9.17, 15) is 9.90 Å². The fourth-order valence-corrected chi connectivity index (χ4v) is 1.01. The molecule has 1 unspecified atom stereocenters. The Morgan fingerprint density at radius 1 is 1.53 bits per heavy atom. The number of hydrogen-bond acceptors (Lipinski definition) is 4. The highest BCUT2D eigenvalue weighted by Crippen LogP contribution is 1.93. The predicted molar refractivity (Wildman–Crippen MR) is 58.7 cm³/mol. The molecule has 0 aliphatic heterocycles. The number of methoxy groups -OCH3 is 1. The van der Waals surface area contributed by atoms with Gasteiger partial charge in [0, 0.05) is 26.7 Å². The van der Waals surface area contributed by atoms with Crippen molar-refractivity contribution in [2.24, 2.45) is 0 Å². The molecule has 0 saturated carbocycles. The van der Waals surface area contributed by atoms with Crippen LogP contribution in [0.1, 0.15) is 13.8 Å². The van der Waals surface area contributed by atoms with Crippen molar-refractivity contribution in [1.82, 2.24) is 10.2 Å². The van der Waals surface area contributed by atoms with Gasteiger partial charge in [0.2, 0.25) is 5.91 Å². The van der Waals surface area contributed by atoms with Gasteiger partial charge >= 0.3 is 0 Å². The second kappa shape index (κ2) is 7.62. The first-order valence-corrected chi connectivity index (χ1v) is 5.12. The molecule has 90 valence electrons. The van der Waals surface area contributed by atoms with Crippen LogP contribution >= 0.6 is 0 Å². The zero-order chi connectivity index (χ0) is 11.8. The Kier molecular flexibility index (Phi) is 7.29. The van der Waals surface area contributed by atoms with Crippen LogP contribution in [0, 0.1) is 0 Å². The number of rotatable bonds is 7. The third kappa shape index (κ3) is 6.43. The maximum Gasteiger partial charge on any atom is 0.236 e. The molecular weight excluding hydrogens is 196 g/mol. The molecular formula is C10H22N2O3. The molecule has 0 aliphatic rings. The summed E-state index contributed by atoms with van der Waals surface area (Å²) in [7, 11) is 3.29. The Morgan fingerprint density at radius 2 is 2.13 bits per heavy atom. The summed E-state index contributed by atoms with van der Waals surface area (Å²) in [6.07, 6.45) is -0.563. The summed E-state index contributed by atoms with van der Waals surface area (Å²) in [6, 6.07) is 0.197. The van der Waals surface area contributed by atoms with Crippen LogP contribution in [-0.4, -0.2) is 61.9 Å². The topological polar surface area (TPSA) is 61.8 Å². The average Bonchev–Trinajstić information content (AvgIpc) is 2.16. The summed E-state index contributed by atoms with van der Waals surface area (Å²) in [4.78, 5) is 13.1. The minimum atomic E-state index is -0.563. The van der Waals surface area contributed by atoms with E-state index in [4.69, 9.17) is 4.74 Å². The van der Waals surface area contributed by atoms with Crippen LogP contribution in [0.25, 0.3) is 0 Å². The number of aliphatic hydroxyl groups excluding tert-OH is 1. The van der Waals surface area contributed by atoms with Crippen molar-refractivity contribution in [3.8, 4) is 0 Å². The molecule has 1 amide bonds. The molecule has 0 aliphatic carbocycles. The van der Waals surface area contributed by atoms with Crippen LogP contribution in [0.15, 0.2) is 0 Å². The van der Waals surface area contributed by atoms with Crippen LogP contribution in [-0.2, 0) is 9.53 Å². The van der Waals surface area contributed by atoms with Gasteiger partial charge in [0.25, 0.3) is 0 Å². The summed E-state index contributed by atoms with van der Waals surface area (Å²) in [5.41, 5.74) is 0. The smallest absolute Gasteiger partial charge is 0.236 e. The number of carbonyl (C=O) groups excluding carboxylic acids is 1. The van der Waals surface area contributed by atoms with E-state index in [1.807, 2.05) is 13.8 Å². The minimum absolute atomic E-state index is 0.0228. The highest BCUT2D eigenvalue weighted by atomic mass is 16.5. The number of hydrogen-bond donors (Lipinski definition) is 2. The van der Waals surface area contributed by atoms with E-state index in [0.29, 0.717) is 6.54 Å². The second-order valence-electron chi connectivity index (χ2n) is 3.84. The van der Waals surface area contributed by atoms with E-state index in [1.54, 1.807) is 11.9 Å². The fourth-order valence-electron chi connectivity index (χ4n) is 1.01. The molecule has 0 aromatic heterocycles. The summed E-state index contributed by atoms with van der Waals surface area (Å²) in [5.74, 6) is 0.0228. The lowest BCUT2D eigenvalue weighted by molar-refractivity contribution is -0.130. The van der Waals surface area contributed by atoms with Gasteiger partial charge < -0.3 is 20.1 Å². The number of nitrogens with zero attached hydrogens (tertiary/aromatic N) is 1. The Hall–Kier alpha value is -0.650. The highest BCUT2D eigenvalue weighted by Gasteiger charge is 2.11. The van der Waals surface area contributed by atoms with Crippen molar-refractivity contribution in [3.63, 3.8) is 0 Å². The Bertz CT molecular complexity index is 186. The zero-order valence-corrected chi connectivity index (χ0v) is 9.99. The van der Waals surface area contributed by atoms with Gasteiger partial charge in [-0.25, -0.2) is 0 Å².